The van der Waals surface area contributed by atoms with Crippen LogP contribution in [-0.2, 0) is 4.79 Å². The molecule has 0 atom stereocenters. The van der Waals surface area contributed by atoms with Crippen LogP contribution in [0.15, 0.2) is 68.8 Å². The molecule has 0 unspecified atom stereocenters. The number of carbonyl (C=O) groups is 1. The number of H-pyrrole nitrogens is 1. The van der Waals surface area contributed by atoms with Crippen molar-refractivity contribution in [2.45, 2.75) is 20.8 Å². The molecule has 156 valence electrons. The van der Waals surface area contributed by atoms with Crippen molar-refractivity contribution >= 4 is 23.4 Å². The summed E-state index contributed by atoms with van der Waals surface area (Å²) in [4.78, 5) is 40.0. The number of hydrogen-bond donors (Lipinski definition) is 2. The van der Waals surface area contributed by atoms with Gasteiger partial charge in [-0.05, 0) is 50.6 Å². The molecule has 0 aliphatic carbocycles. The summed E-state index contributed by atoms with van der Waals surface area (Å²) in [6.07, 6.45) is 1.26. The number of anilines is 1. The lowest BCUT2D eigenvalue weighted by Gasteiger charge is -2.15. The molecule has 0 spiro atoms. The van der Waals surface area contributed by atoms with E-state index in [-0.39, 0.29) is 11.1 Å². The Morgan fingerprint density at radius 3 is 2.39 bits per heavy atom. The molecule has 2 heterocycles. The Bertz CT molecular complexity index is 1380. The van der Waals surface area contributed by atoms with Gasteiger partial charge in [-0.3, -0.25) is 14.6 Å². The van der Waals surface area contributed by atoms with Crippen LogP contribution in [0, 0.1) is 13.8 Å². The van der Waals surface area contributed by atoms with E-state index in [1.54, 1.807) is 37.3 Å². The summed E-state index contributed by atoms with van der Waals surface area (Å²) >= 11 is 0. The lowest BCUT2D eigenvalue weighted by molar-refractivity contribution is -0.114. The van der Waals surface area contributed by atoms with Crippen LogP contribution >= 0.6 is 0 Å². The Labute approximate surface area is 177 Å². The maximum Gasteiger partial charge on any atom is 0.335 e. The van der Waals surface area contributed by atoms with Crippen molar-refractivity contribution in [3.8, 4) is 11.6 Å². The van der Waals surface area contributed by atoms with Crippen molar-refractivity contribution in [1.29, 1.82) is 0 Å². The Kier molecular flexibility index (Phi) is 4.90. The van der Waals surface area contributed by atoms with Crippen LogP contribution in [0.4, 0.5) is 5.69 Å². The second kappa shape index (κ2) is 7.56. The van der Waals surface area contributed by atoms with Gasteiger partial charge in [-0.1, -0.05) is 35.9 Å². The predicted octanol–water partition coefficient (Wildman–Crippen LogP) is 2.65. The van der Waals surface area contributed by atoms with Gasteiger partial charge in [0.15, 0.2) is 0 Å². The summed E-state index contributed by atoms with van der Waals surface area (Å²) < 4.78 is 0.974. The summed E-state index contributed by atoms with van der Waals surface area (Å²) in [5.74, 6) is -0.987. The lowest BCUT2D eigenvalue weighted by Crippen LogP contribution is -2.30. The van der Waals surface area contributed by atoms with E-state index in [1.807, 2.05) is 32.0 Å². The maximum atomic E-state index is 13.1. The molecule has 0 saturated carbocycles. The van der Waals surface area contributed by atoms with E-state index in [1.165, 1.54) is 11.1 Å². The number of benzene rings is 2. The summed E-state index contributed by atoms with van der Waals surface area (Å²) in [7, 11) is 0. The predicted molar refractivity (Wildman–Crippen MR) is 119 cm³/mol. The molecule has 0 saturated heterocycles. The first-order valence-electron chi connectivity index (χ1n) is 9.60. The number of aromatic nitrogens is 2. The third-order valence-corrected chi connectivity index (χ3v) is 5.07. The Morgan fingerprint density at radius 2 is 1.71 bits per heavy atom. The van der Waals surface area contributed by atoms with E-state index in [2.05, 4.69) is 10.1 Å². The molecular formula is C23H20N4O4. The SMILES string of the molecule is CC1=NN(c2ccc(C)cc2C)C(=O)/C1=C\c1c(O)n(-c2ccccc2)c(=O)[nH]c1=O. The van der Waals surface area contributed by atoms with Gasteiger partial charge in [-0.2, -0.15) is 10.1 Å². The van der Waals surface area contributed by atoms with E-state index in [9.17, 15) is 19.5 Å². The minimum absolute atomic E-state index is 0.152. The largest absolute Gasteiger partial charge is 0.494 e. The minimum atomic E-state index is -0.798. The quantitative estimate of drug-likeness (QED) is 0.640. The van der Waals surface area contributed by atoms with E-state index < -0.39 is 23.0 Å². The molecule has 3 aromatic rings. The van der Waals surface area contributed by atoms with Crippen LogP contribution in [0.5, 0.6) is 5.88 Å². The zero-order valence-corrected chi connectivity index (χ0v) is 17.2. The highest BCUT2D eigenvalue weighted by atomic mass is 16.3. The number of para-hydroxylation sites is 1. The third-order valence-electron chi connectivity index (χ3n) is 5.07. The smallest absolute Gasteiger partial charge is 0.335 e. The van der Waals surface area contributed by atoms with Gasteiger partial charge in [-0.15, -0.1) is 0 Å². The number of aryl methyl sites for hydroxylation is 2. The van der Waals surface area contributed by atoms with Gasteiger partial charge in [0.05, 0.1) is 22.7 Å². The van der Waals surface area contributed by atoms with Crippen molar-refractivity contribution in [3.05, 3.63) is 91.6 Å². The highest BCUT2D eigenvalue weighted by Crippen LogP contribution is 2.29. The standard InChI is InChI=1S/C23H20N4O4/c1-13-9-10-19(14(2)11-13)27-22(30)17(15(3)25-27)12-18-20(28)24-23(31)26(21(18)29)16-7-5-4-6-8-16/h4-12,29H,1-3H3,(H,24,28,31)/b17-12-. The first-order valence-corrected chi connectivity index (χ1v) is 9.60. The topological polar surface area (TPSA) is 108 Å². The fourth-order valence-corrected chi connectivity index (χ4v) is 3.52. The van der Waals surface area contributed by atoms with Gasteiger partial charge in [0.1, 0.15) is 5.56 Å². The first kappa shape index (κ1) is 20.1. The van der Waals surface area contributed by atoms with Gasteiger partial charge < -0.3 is 5.11 Å². The van der Waals surface area contributed by atoms with Crippen molar-refractivity contribution in [2.75, 3.05) is 5.01 Å². The minimum Gasteiger partial charge on any atom is -0.494 e. The molecule has 8 heteroatoms. The van der Waals surface area contributed by atoms with Crippen LogP contribution < -0.4 is 16.3 Å². The van der Waals surface area contributed by atoms with E-state index in [0.717, 1.165) is 15.7 Å². The number of aromatic amines is 1. The lowest BCUT2D eigenvalue weighted by atomic mass is 10.1. The molecular weight excluding hydrogens is 396 g/mol. The van der Waals surface area contributed by atoms with Gasteiger partial charge >= 0.3 is 5.69 Å². The number of hydrazone groups is 1. The molecule has 8 nitrogen and oxygen atoms in total. The van der Waals surface area contributed by atoms with E-state index >= 15 is 0 Å². The molecule has 0 radical (unpaired) electrons. The molecule has 0 fully saturated rings. The summed E-state index contributed by atoms with van der Waals surface area (Å²) in [5.41, 5.74) is 1.70. The summed E-state index contributed by atoms with van der Waals surface area (Å²) in [6.45, 7) is 5.49. The fourth-order valence-electron chi connectivity index (χ4n) is 3.52. The van der Waals surface area contributed by atoms with Gasteiger partial charge in [0.25, 0.3) is 11.5 Å². The average molecular weight is 416 g/mol. The fraction of sp³-hybridized carbons (Fsp3) is 0.130. The number of nitrogens with zero attached hydrogens (tertiary/aromatic N) is 3. The highest BCUT2D eigenvalue weighted by Gasteiger charge is 2.30. The van der Waals surface area contributed by atoms with Crippen LogP contribution in [0.1, 0.15) is 23.6 Å². The third kappa shape index (κ3) is 3.48. The normalized spacial score (nSPS) is 14.9. The maximum absolute atomic E-state index is 13.1. The van der Waals surface area contributed by atoms with Crippen molar-refractivity contribution in [3.63, 3.8) is 0 Å². The zero-order valence-electron chi connectivity index (χ0n) is 17.2. The molecule has 0 bridgehead atoms. The molecule has 31 heavy (non-hydrogen) atoms. The number of hydrogen-bond acceptors (Lipinski definition) is 5. The molecule has 1 aliphatic rings. The molecule has 1 amide bonds. The summed E-state index contributed by atoms with van der Waals surface area (Å²) in [6, 6.07) is 14.0. The van der Waals surface area contributed by atoms with E-state index in [0.29, 0.717) is 17.1 Å². The number of nitrogens with one attached hydrogen (secondary N) is 1. The first-order chi connectivity index (χ1) is 14.8. The van der Waals surface area contributed by atoms with Crippen LogP contribution in [0.25, 0.3) is 11.8 Å². The second-order valence-corrected chi connectivity index (χ2v) is 7.32. The Hall–Kier alpha value is -4.20. The second-order valence-electron chi connectivity index (χ2n) is 7.32. The Balaban J connectivity index is 1.83. The van der Waals surface area contributed by atoms with Crippen molar-refractivity contribution in [1.82, 2.24) is 9.55 Å². The molecule has 4 rings (SSSR count). The number of carbonyl (C=O) groups excluding carboxylic acids is 1. The van der Waals surface area contributed by atoms with Gasteiger partial charge in [-0.25, -0.2) is 9.36 Å². The van der Waals surface area contributed by atoms with Crippen LogP contribution in [-0.4, -0.2) is 26.3 Å². The summed E-state index contributed by atoms with van der Waals surface area (Å²) in [5, 5.41) is 16.3. The van der Waals surface area contributed by atoms with Gasteiger partial charge in [0, 0.05) is 0 Å². The Morgan fingerprint density at radius 1 is 1.00 bits per heavy atom. The van der Waals surface area contributed by atoms with Crippen LogP contribution in [0.3, 0.4) is 0 Å². The molecule has 1 aromatic heterocycles. The van der Waals surface area contributed by atoms with Gasteiger partial charge in [0.2, 0.25) is 5.88 Å². The average Bonchev–Trinajstić information content (AvgIpc) is 2.99. The molecule has 2 N–H and O–H groups in total. The van der Waals surface area contributed by atoms with Crippen molar-refractivity contribution in [2.24, 2.45) is 5.10 Å². The number of aromatic hydroxyl groups is 1. The number of rotatable bonds is 3. The zero-order chi connectivity index (χ0) is 22.3. The van der Waals surface area contributed by atoms with Crippen molar-refractivity contribution < 1.29 is 9.90 Å². The highest BCUT2D eigenvalue weighted by molar-refractivity contribution is 6.32. The molecule has 2 aromatic carbocycles. The number of amides is 1. The van der Waals surface area contributed by atoms with Crippen LogP contribution in [0.2, 0.25) is 0 Å². The van der Waals surface area contributed by atoms with E-state index in [4.69, 9.17) is 0 Å². The molecule has 1 aliphatic heterocycles. The monoisotopic (exact) mass is 416 g/mol.